The van der Waals surface area contributed by atoms with Crippen LogP contribution in [0, 0.1) is 6.92 Å². The van der Waals surface area contributed by atoms with Crippen molar-refractivity contribution in [1.82, 2.24) is 9.88 Å². The Kier molecular flexibility index (Phi) is 4.14. The fourth-order valence-corrected chi connectivity index (χ4v) is 3.06. The summed E-state index contributed by atoms with van der Waals surface area (Å²) < 4.78 is 0. The quantitative estimate of drug-likeness (QED) is 0.857. The van der Waals surface area contributed by atoms with Crippen molar-refractivity contribution in [2.75, 3.05) is 0 Å². The van der Waals surface area contributed by atoms with E-state index in [1.165, 1.54) is 0 Å². The number of hydrogen-bond donors (Lipinski definition) is 1. The Balaban J connectivity index is 2.53. The molecule has 0 aliphatic carbocycles. The van der Waals surface area contributed by atoms with Gasteiger partial charge in [-0.05, 0) is 57.7 Å². The zero-order valence-corrected chi connectivity index (χ0v) is 12.9. The zero-order valence-electron chi connectivity index (χ0n) is 12.9. The molecule has 2 unspecified atom stereocenters. The number of aryl methyl sites for hydroxylation is 1. The minimum atomic E-state index is -0.244. The third kappa shape index (κ3) is 2.85. The van der Waals surface area contributed by atoms with Crippen molar-refractivity contribution in [2.45, 2.75) is 64.6 Å². The van der Waals surface area contributed by atoms with Crippen molar-refractivity contribution in [3.8, 4) is 0 Å². The largest absolute Gasteiger partial charge is 0.329 e. The number of nitrogens with zero attached hydrogens (tertiary/aromatic N) is 2. The second-order valence-electron chi connectivity index (χ2n) is 6.67. The number of aromatic nitrogens is 1. The highest BCUT2D eigenvalue weighted by molar-refractivity contribution is 5.78. The summed E-state index contributed by atoms with van der Waals surface area (Å²) in [6.07, 6.45) is 5.96. The Morgan fingerprint density at radius 1 is 1.40 bits per heavy atom. The second kappa shape index (κ2) is 5.52. The summed E-state index contributed by atoms with van der Waals surface area (Å²) in [5.41, 5.74) is 8.38. The van der Waals surface area contributed by atoms with Gasteiger partial charge in [0, 0.05) is 30.4 Å². The van der Waals surface area contributed by atoms with Crippen LogP contribution in [0.1, 0.15) is 57.2 Å². The van der Waals surface area contributed by atoms with Crippen molar-refractivity contribution in [3.63, 3.8) is 0 Å². The Labute approximate surface area is 121 Å². The molecule has 0 aromatic carbocycles. The second-order valence-corrected chi connectivity index (χ2v) is 6.67. The SMILES string of the molecule is Cc1ccncc1C1C(N)CCCC(=O)N1C(C)(C)C. The molecule has 1 amide bonds. The smallest absolute Gasteiger partial charge is 0.223 e. The van der Waals surface area contributed by atoms with E-state index in [0.29, 0.717) is 6.42 Å². The molecule has 0 bridgehead atoms. The molecule has 1 aliphatic heterocycles. The topological polar surface area (TPSA) is 59.2 Å². The van der Waals surface area contributed by atoms with Crippen LogP contribution in [0.15, 0.2) is 18.5 Å². The zero-order chi connectivity index (χ0) is 14.9. The summed E-state index contributed by atoms with van der Waals surface area (Å²) in [7, 11) is 0. The van der Waals surface area contributed by atoms with Crippen LogP contribution in [0.5, 0.6) is 0 Å². The average molecular weight is 275 g/mol. The Hall–Kier alpha value is -1.42. The van der Waals surface area contributed by atoms with E-state index in [0.717, 1.165) is 24.0 Å². The molecule has 110 valence electrons. The molecular weight excluding hydrogens is 250 g/mol. The molecule has 2 heterocycles. The van der Waals surface area contributed by atoms with Gasteiger partial charge in [0.15, 0.2) is 0 Å². The van der Waals surface area contributed by atoms with Crippen LogP contribution in [0.4, 0.5) is 0 Å². The predicted octanol–water partition coefficient (Wildman–Crippen LogP) is 2.57. The van der Waals surface area contributed by atoms with Crippen LogP contribution in [-0.2, 0) is 4.79 Å². The summed E-state index contributed by atoms with van der Waals surface area (Å²) in [5, 5.41) is 0. The molecule has 2 rings (SSSR count). The van der Waals surface area contributed by atoms with E-state index in [2.05, 4.69) is 32.7 Å². The fraction of sp³-hybridized carbons (Fsp3) is 0.625. The van der Waals surface area contributed by atoms with Crippen LogP contribution in [0.2, 0.25) is 0 Å². The van der Waals surface area contributed by atoms with Crippen LogP contribution in [-0.4, -0.2) is 27.4 Å². The minimum absolute atomic E-state index is 0.0384. The molecule has 1 aromatic heterocycles. The summed E-state index contributed by atoms with van der Waals surface area (Å²) >= 11 is 0. The van der Waals surface area contributed by atoms with Gasteiger partial charge >= 0.3 is 0 Å². The van der Waals surface area contributed by atoms with Crippen LogP contribution in [0.25, 0.3) is 0 Å². The number of hydrogen-bond acceptors (Lipinski definition) is 3. The van der Waals surface area contributed by atoms with Gasteiger partial charge < -0.3 is 10.6 Å². The van der Waals surface area contributed by atoms with Gasteiger partial charge in [-0.25, -0.2) is 0 Å². The number of nitrogens with two attached hydrogens (primary N) is 1. The molecule has 1 saturated heterocycles. The summed E-state index contributed by atoms with van der Waals surface area (Å²) in [6, 6.07) is 1.86. The maximum atomic E-state index is 12.6. The highest BCUT2D eigenvalue weighted by Crippen LogP contribution is 2.36. The number of pyridine rings is 1. The Morgan fingerprint density at radius 2 is 2.10 bits per heavy atom. The van der Waals surface area contributed by atoms with E-state index in [1.807, 2.05) is 17.2 Å². The first-order valence-electron chi connectivity index (χ1n) is 7.30. The molecular formula is C16H25N3O. The maximum absolute atomic E-state index is 12.6. The van der Waals surface area contributed by atoms with Crippen molar-refractivity contribution in [1.29, 1.82) is 0 Å². The van der Waals surface area contributed by atoms with Crippen LogP contribution < -0.4 is 5.73 Å². The lowest BCUT2D eigenvalue weighted by molar-refractivity contribution is -0.139. The van der Waals surface area contributed by atoms with Crippen LogP contribution in [0.3, 0.4) is 0 Å². The third-order valence-corrected chi connectivity index (χ3v) is 4.00. The molecule has 0 spiro atoms. The lowest BCUT2D eigenvalue weighted by atomic mass is 9.91. The molecule has 1 aromatic rings. The molecule has 4 nitrogen and oxygen atoms in total. The monoisotopic (exact) mass is 275 g/mol. The molecule has 1 fully saturated rings. The summed E-state index contributed by atoms with van der Waals surface area (Å²) in [4.78, 5) is 18.8. The van der Waals surface area contributed by atoms with Gasteiger partial charge in [-0.15, -0.1) is 0 Å². The van der Waals surface area contributed by atoms with E-state index >= 15 is 0 Å². The van der Waals surface area contributed by atoms with Gasteiger partial charge in [-0.3, -0.25) is 9.78 Å². The molecule has 4 heteroatoms. The van der Waals surface area contributed by atoms with Crippen molar-refractivity contribution in [3.05, 3.63) is 29.6 Å². The number of carbonyl (C=O) groups excluding carboxylic acids is 1. The van der Waals surface area contributed by atoms with Gasteiger partial charge in [0.25, 0.3) is 0 Å². The molecule has 20 heavy (non-hydrogen) atoms. The van der Waals surface area contributed by atoms with Gasteiger partial charge in [0.1, 0.15) is 0 Å². The van der Waals surface area contributed by atoms with E-state index in [9.17, 15) is 4.79 Å². The lowest BCUT2D eigenvalue weighted by Crippen LogP contribution is -2.51. The normalized spacial score (nSPS) is 24.6. The predicted molar refractivity (Wildman–Crippen MR) is 80.1 cm³/mol. The number of carbonyl (C=O) groups is 1. The standard InChI is InChI=1S/C16H25N3O/c1-11-8-9-18-10-12(11)15-13(17)6-5-7-14(20)19(15)16(2,3)4/h8-10,13,15H,5-7,17H2,1-4H3. The highest BCUT2D eigenvalue weighted by Gasteiger charge is 2.39. The molecule has 1 aliphatic rings. The lowest BCUT2D eigenvalue weighted by Gasteiger charge is -2.43. The van der Waals surface area contributed by atoms with Gasteiger partial charge in [0.05, 0.1) is 6.04 Å². The summed E-state index contributed by atoms with van der Waals surface area (Å²) in [5.74, 6) is 0.193. The van der Waals surface area contributed by atoms with E-state index in [-0.39, 0.29) is 23.5 Å². The first-order chi connectivity index (χ1) is 9.32. The summed E-state index contributed by atoms with van der Waals surface area (Å²) in [6.45, 7) is 8.27. The molecule has 0 saturated carbocycles. The number of rotatable bonds is 1. The van der Waals surface area contributed by atoms with E-state index < -0.39 is 0 Å². The fourth-order valence-electron chi connectivity index (χ4n) is 3.06. The number of likely N-dealkylation sites (tertiary alicyclic amines) is 1. The molecule has 2 N–H and O–H groups in total. The number of amides is 1. The first kappa shape index (κ1) is 15.0. The minimum Gasteiger partial charge on any atom is -0.329 e. The van der Waals surface area contributed by atoms with Crippen LogP contribution >= 0.6 is 0 Å². The molecule has 2 atom stereocenters. The van der Waals surface area contributed by atoms with Gasteiger partial charge in [0.2, 0.25) is 5.91 Å². The van der Waals surface area contributed by atoms with Gasteiger partial charge in [-0.1, -0.05) is 0 Å². The maximum Gasteiger partial charge on any atom is 0.223 e. The average Bonchev–Trinajstić information content (AvgIpc) is 2.48. The Bertz CT molecular complexity index is 493. The first-order valence-corrected chi connectivity index (χ1v) is 7.30. The van der Waals surface area contributed by atoms with Gasteiger partial charge in [-0.2, -0.15) is 0 Å². The third-order valence-electron chi connectivity index (χ3n) is 4.00. The van der Waals surface area contributed by atoms with E-state index in [4.69, 9.17) is 5.73 Å². The molecule has 0 radical (unpaired) electrons. The van der Waals surface area contributed by atoms with Crippen molar-refractivity contribution in [2.24, 2.45) is 5.73 Å². The highest BCUT2D eigenvalue weighted by atomic mass is 16.2. The van der Waals surface area contributed by atoms with Crippen molar-refractivity contribution < 1.29 is 4.79 Å². The Morgan fingerprint density at radius 3 is 2.70 bits per heavy atom. The van der Waals surface area contributed by atoms with Crippen molar-refractivity contribution >= 4 is 5.91 Å². The van der Waals surface area contributed by atoms with E-state index in [1.54, 1.807) is 6.20 Å².